The summed E-state index contributed by atoms with van der Waals surface area (Å²) in [6.07, 6.45) is 3.41. The van der Waals surface area contributed by atoms with Crippen LogP contribution in [0.15, 0.2) is 52.0 Å². The van der Waals surface area contributed by atoms with Gasteiger partial charge in [-0.05, 0) is 24.3 Å². The van der Waals surface area contributed by atoms with Gasteiger partial charge in [0.15, 0.2) is 5.75 Å². The predicted molar refractivity (Wildman–Crippen MR) is 81.9 cm³/mol. The van der Waals surface area contributed by atoms with E-state index in [0.29, 0.717) is 22.8 Å². The summed E-state index contributed by atoms with van der Waals surface area (Å²) in [4.78, 5) is 21.9. The zero-order valence-electron chi connectivity index (χ0n) is 12.5. The highest BCUT2D eigenvalue weighted by Gasteiger charge is 2.06. The first kappa shape index (κ1) is 15.5. The first-order valence-corrected chi connectivity index (χ1v) is 7.02. The summed E-state index contributed by atoms with van der Waals surface area (Å²) in [5, 5.41) is 17.0. The molecule has 1 N–H and O–H groups in total. The number of carbonyl (C=O) groups is 1. The molecule has 0 atom stereocenters. The van der Waals surface area contributed by atoms with Crippen molar-refractivity contribution in [2.75, 3.05) is 0 Å². The number of hydrogen-bond donors (Lipinski definition) is 1. The SMILES string of the molecule is O=Cc1ccc(OCc2cn(Cc3cc(=O)c(O)co3)nn2)cc1. The van der Waals surface area contributed by atoms with Crippen molar-refractivity contribution in [3.05, 3.63) is 70.0 Å². The van der Waals surface area contributed by atoms with Gasteiger partial charge in [-0.25, -0.2) is 4.68 Å². The molecule has 0 aliphatic carbocycles. The Labute approximate surface area is 135 Å². The first-order valence-electron chi connectivity index (χ1n) is 7.02. The van der Waals surface area contributed by atoms with Crippen LogP contribution in [0.3, 0.4) is 0 Å². The average molecular weight is 327 g/mol. The summed E-state index contributed by atoms with van der Waals surface area (Å²) in [6.45, 7) is 0.413. The van der Waals surface area contributed by atoms with Crippen molar-refractivity contribution in [1.29, 1.82) is 0 Å². The molecule has 3 rings (SSSR count). The molecule has 0 radical (unpaired) electrons. The van der Waals surface area contributed by atoms with Crippen LogP contribution in [-0.2, 0) is 13.2 Å². The minimum Gasteiger partial charge on any atom is -0.502 e. The zero-order chi connectivity index (χ0) is 16.9. The standard InChI is InChI=1S/C16H13N3O5/c20-8-11-1-3-13(4-2-11)23-9-12-6-19(18-17-12)7-14-5-15(21)16(22)10-24-14/h1-6,8,10,22H,7,9H2. The summed E-state index contributed by atoms with van der Waals surface area (Å²) in [7, 11) is 0. The Kier molecular flexibility index (Phi) is 4.37. The van der Waals surface area contributed by atoms with Crippen LogP contribution in [0.1, 0.15) is 21.8 Å². The monoisotopic (exact) mass is 327 g/mol. The van der Waals surface area contributed by atoms with Crippen LogP contribution >= 0.6 is 0 Å². The largest absolute Gasteiger partial charge is 0.502 e. The Morgan fingerprint density at radius 1 is 1.29 bits per heavy atom. The molecule has 0 fully saturated rings. The number of hydrogen-bond acceptors (Lipinski definition) is 7. The average Bonchev–Trinajstić information content (AvgIpc) is 3.04. The Morgan fingerprint density at radius 2 is 2.08 bits per heavy atom. The third-order valence-electron chi connectivity index (χ3n) is 3.17. The van der Waals surface area contributed by atoms with E-state index in [1.807, 2.05) is 0 Å². The van der Waals surface area contributed by atoms with Crippen molar-refractivity contribution >= 4 is 6.29 Å². The van der Waals surface area contributed by atoms with Crippen molar-refractivity contribution in [1.82, 2.24) is 15.0 Å². The lowest BCUT2D eigenvalue weighted by Gasteiger charge is -2.03. The summed E-state index contributed by atoms with van der Waals surface area (Å²) < 4.78 is 12.1. The van der Waals surface area contributed by atoms with Gasteiger partial charge < -0.3 is 14.3 Å². The van der Waals surface area contributed by atoms with Gasteiger partial charge in [-0.1, -0.05) is 5.21 Å². The van der Waals surface area contributed by atoms with Crippen molar-refractivity contribution < 1.29 is 19.1 Å². The molecule has 0 aliphatic heterocycles. The molecule has 0 spiro atoms. The number of aldehydes is 1. The Hall–Kier alpha value is -3.42. The van der Waals surface area contributed by atoms with Gasteiger partial charge in [0.05, 0.1) is 6.20 Å². The van der Waals surface area contributed by atoms with Crippen LogP contribution in [0.5, 0.6) is 11.5 Å². The van der Waals surface area contributed by atoms with Gasteiger partial charge in [0.1, 0.15) is 42.9 Å². The van der Waals surface area contributed by atoms with Crippen molar-refractivity contribution in [3.8, 4) is 11.5 Å². The van der Waals surface area contributed by atoms with E-state index in [-0.39, 0.29) is 13.2 Å². The number of ether oxygens (including phenoxy) is 1. The number of nitrogens with zero attached hydrogens (tertiary/aromatic N) is 3. The van der Waals surface area contributed by atoms with Gasteiger partial charge in [0, 0.05) is 11.6 Å². The highest BCUT2D eigenvalue weighted by molar-refractivity contribution is 5.74. The molecule has 8 nitrogen and oxygen atoms in total. The fourth-order valence-electron chi connectivity index (χ4n) is 1.97. The molecule has 24 heavy (non-hydrogen) atoms. The molecule has 0 amide bonds. The molecule has 2 heterocycles. The van der Waals surface area contributed by atoms with Crippen LogP contribution in [0, 0.1) is 0 Å². The predicted octanol–water partition coefficient (Wildman–Crippen LogP) is 1.38. The lowest BCUT2D eigenvalue weighted by molar-refractivity contribution is 0.112. The second-order valence-electron chi connectivity index (χ2n) is 4.98. The summed E-state index contributed by atoms with van der Waals surface area (Å²) in [5.74, 6) is 0.520. The number of benzene rings is 1. The van der Waals surface area contributed by atoms with E-state index in [1.54, 1.807) is 30.5 Å². The van der Waals surface area contributed by atoms with E-state index in [1.165, 1.54) is 10.7 Å². The number of carbonyl (C=O) groups excluding carboxylic acids is 1. The molecule has 2 aromatic heterocycles. The molecule has 3 aromatic rings. The maximum Gasteiger partial charge on any atom is 0.226 e. The number of aromatic hydroxyl groups is 1. The van der Waals surface area contributed by atoms with Gasteiger partial charge in [-0.3, -0.25) is 9.59 Å². The van der Waals surface area contributed by atoms with Gasteiger partial charge >= 0.3 is 0 Å². The first-order chi connectivity index (χ1) is 11.6. The van der Waals surface area contributed by atoms with E-state index in [0.717, 1.165) is 12.5 Å². The minimum absolute atomic E-state index is 0.205. The third kappa shape index (κ3) is 3.67. The Bertz CT molecular complexity index is 899. The molecule has 0 aliphatic rings. The lowest BCUT2D eigenvalue weighted by Crippen LogP contribution is -2.05. The topological polar surface area (TPSA) is 107 Å². The van der Waals surface area contributed by atoms with E-state index in [2.05, 4.69) is 10.3 Å². The van der Waals surface area contributed by atoms with Crippen molar-refractivity contribution in [3.63, 3.8) is 0 Å². The second kappa shape index (κ2) is 6.78. The van der Waals surface area contributed by atoms with Crippen LogP contribution in [0.2, 0.25) is 0 Å². The summed E-state index contributed by atoms with van der Waals surface area (Å²) in [5.41, 5.74) is 0.651. The maximum atomic E-state index is 11.3. The minimum atomic E-state index is -0.515. The molecule has 8 heteroatoms. The molecule has 0 unspecified atom stereocenters. The van der Waals surface area contributed by atoms with E-state index in [4.69, 9.17) is 14.3 Å². The molecule has 1 aromatic carbocycles. The highest BCUT2D eigenvalue weighted by Crippen LogP contribution is 2.13. The fourth-order valence-corrected chi connectivity index (χ4v) is 1.97. The van der Waals surface area contributed by atoms with Crippen molar-refractivity contribution in [2.24, 2.45) is 0 Å². The normalized spacial score (nSPS) is 10.5. The number of rotatable bonds is 6. The summed E-state index contributed by atoms with van der Waals surface area (Å²) in [6, 6.07) is 7.90. The lowest BCUT2D eigenvalue weighted by atomic mass is 10.2. The summed E-state index contributed by atoms with van der Waals surface area (Å²) >= 11 is 0. The highest BCUT2D eigenvalue weighted by atomic mass is 16.5. The Balaban J connectivity index is 1.61. The Morgan fingerprint density at radius 3 is 2.79 bits per heavy atom. The van der Waals surface area contributed by atoms with Crippen LogP contribution < -0.4 is 10.2 Å². The maximum absolute atomic E-state index is 11.3. The van der Waals surface area contributed by atoms with Gasteiger partial charge in [0.2, 0.25) is 5.43 Å². The molecule has 0 saturated carbocycles. The molecule has 0 saturated heterocycles. The zero-order valence-corrected chi connectivity index (χ0v) is 12.5. The molecule has 0 bridgehead atoms. The van der Waals surface area contributed by atoms with Crippen LogP contribution in [0.4, 0.5) is 0 Å². The molecular formula is C16H13N3O5. The van der Waals surface area contributed by atoms with Gasteiger partial charge in [-0.15, -0.1) is 5.10 Å². The van der Waals surface area contributed by atoms with Crippen LogP contribution in [-0.4, -0.2) is 26.4 Å². The molecular weight excluding hydrogens is 314 g/mol. The number of aromatic nitrogens is 3. The van der Waals surface area contributed by atoms with Gasteiger partial charge in [0.25, 0.3) is 0 Å². The fraction of sp³-hybridized carbons (Fsp3) is 0.125. The second-order valence-corrected chi connectivity index (χ2v) is 4.98. The van der Waals surface area contributed by atoms with E-state index < -0.39 is 11.2 Å². The van der Waals surface area contributed by atoms with Crippen LogP contribution in [0.25, 0.3) is 0 Å². The smallest absolute Gasteiger partial charge is 0.226 e. The van der Waals surface area contributed by atoms with Crippen molar-refractivity contribution in [2.45, 2.75) is 13.2 Å². The third-order valence-corrected chi connectivity index (χ3v) is 3.17. The van der Waals surface area contributed by atoms with E-state index >= 15 is 0 Å². The van der Waals surface area contributed by atoms with Gasteiger partial charge in [-0.2, -0.15) is 0 Å². The van der Waals surface area contributed by atoms with E-state index in [9.17, 15) is 9.59 Å². The molecule has 122 valence electrons. The quantitative estimate of drug-likeness (QED) is 0.681.